The van der Waals surface area contributed by atoms with Crippen LogP contribution in [-0.4, -0.2) is 46.9 Å². The molecule has 0 spiro atoms. The molecule has 30 heavy (non-hydrogen) atoms. The molecule has 1 aromatic heterocycles. The Morgan fingerprint density at radius 2 is 1.77 bits per heavy atom. The number of piperazine rings is 1. The van der Waals surface area contributed by atoms with Gasteiger partial charge in [-0.15, -0.1) is 11.3 Å². The number of aromatic nitrogens is 1. The minimum absolute atomic E-state index is 0.0504. The van der Waals surface area contributed by atoms with Gasteiger partial charge < -0.3 is 9.80 Å². The molecule has 3 aromatic rings. The summed E-state index contributed by atoms with van der Waals surface area (Å²) < 4.78 is 0. The van der Waals surface area contributed by atoms with Crippen molar-refractivity contribution in [1.29, 1.82) is 0 Å². The molecule has 1 aliphatic heterocycles. The lowest BCUT2D eigenvalue weighted by Gasteiger charge is -2.35. The van der Waals surface area contributed by atoms with Gasteiger partial charge in [0.25, 0.3) is 11.6 Å². The van der Waals surface area contributed by atoms with Crippen LogP contribution in [0.25, 0.3) is 10.6 Å². The first-order valence-corrected chi connectivity index (χ1v) is 10.6. The summed E-state index contributed by atoms with van der Waals surface area (Å²) in [5.74, 6) is -0.0504. The van der Waals surface area contributed by atoms with E-state index < -0.39 is 4.92 Å². The van der Waals surface area contributed by atoms with Crippen LogP contribution < -0.4 is 4.90 Å². The molecule has 0 radical (unpaired) electrons. The van der Waals surface area contributed by atoms with E-state index in [-0.39, 0.29) is 11.6 Å². The van der Waals surface area contributed by atoms with Gasteiger partial charge in [-0.2, -0.15) is 0 Å². The molecule has 2 heterocycles. The van der Waals surface area contributed by atoms with Gasteiger partial charge in [0.1, 0.15) is 10.7 Å². The third kappa shape index (κ3) is 4.04. The smallest absolute Gasteiger partial charge is 0.273 e. The van der Waals surface area contributed by atoms with Crippen LogP contribution in [-0.2, 0) is 0 Å². The van der Waals surface area contributed by atoms with Crippen molar-refractivity contribution >= 4 is 28.6 Å². The minimum Gasteiger partial charge on any atom is -0.368 e. The molecule has 0 bridgehead atoms. The number of benzene rings is 2. The van der Waals surface area contributed by atoms with Gasteiger partial charge in [-0.3, -0.25) is 14.9 Å². The summed E-state index contributed by atoms with van der Waals surface area (Å²) in [7, 11) is 0. The Morgan fingerprint density at radius 1 is 1.07 bits per heavy atom. The first kappa shape index (κ1) is 20.0. The van der Waals surface area contributed by atoms with Crippen LogP contribution in [0.3, 0.4) is 0 Å². The molecule has 4 rings (SSSR count). The summed E-state index contributed by atoms with van der Waals surface area (Å²) in [6, 6.07) is 12.8. The number of rotatable bonds is 4. The van der Waals surface area contributed by atoms with Gasteiger partial charge in [0.15, 0.2) is 0 Å². The van der Waals surface area contributed by atoms with Crippen LogP contribution in [0.1, 0.15) is 21.6 Å². The van der Waals surface area contributed by atoms with Crippen molar-refractivity contribution in [2.75, 3.05) is 31.1 Å². The predicted octanol–water partition coefficient (Wildman–Crippen LogP) is 4.30. The van der Waals surface area contributed by atoms with E-state index in [2.05, 4.69) is 41.9 Å². The average Bonchev–Trinajstić information content (AvgIpc) is 3.23. The maximum Gasteiger partial charge on any atom is 0.273 e. The number of hydrogen-bond acceptors (Lipinski definition) is 6. The van der Waals surface area contributed by atoms with Crippen molar-refractivity contribution in [3.63, 3.8) is 0 Å². The van der Waals surface area contributed by atoms with E-state index in [9.17, 15) is 14.9 Å². The fourth-order valence-electron chi connectivity index (χ4n) is 3.66. The number of nitro groups is 1. The topological polar surface area (TPSA) is 79.6 Å². The van der Waals surface area contributed by atoms with Gasteiger partial charge in [-0.05, 0) is 31.5 Å². The summed E-state index contributed by atoms with van der Waals surface area (Å²) in [6.45, 7) is 6.65. The van der Waals surface area contributed by atoms with Gasteiger partial charge in [-0.25, -0.2) is 4.98 Å². The molecule has 1 aliphatic rings. The fourth-order valence-corrected chi connectivity index (χ4v) is 4.55. The van der Waals surface area contributed by atoms with E-state index >= 15 is 0 Å². The van der Waals surface area contributed by atoms with E-state index in [0.29, 0.717) is 31.9 Å². The predicted molar refractivity (Wildman–Crippen MR) is 118 cm³/mol. The number of carbonyl (C=O) groups is 1. The number of nitro benzene ring substituents is 1. The largest absolute Gasteiger partial charge is 0.368 e. The molecule has 8 heteroatoms. The van der Waals surface area contributed by atoms with E-state index in [0.717, 1.165) is 21.8 Å². The van der Waals surface area contributed by atoms with Crippen molar-refractivity contribution in [3.8, 4) is 10.6 Å². The summed E-state index contributed by atoms with van der Waals surface area (Å²) in [4.78, 5) is 31.9. The van der Waals surface area contributed by atoms with E-state index in [1.807, 2.05) is 10.3 Å². The first-order valence-electron chi connectivity index (χ1n) is 9.74. The van der Waals surface area contributed by atoms with Crippen LogP contribution in [0.4, 0.5) is 11.4 Å². The summed E-state index contributed by atoms with van der Waals surface area (Å²) in [6.07, 6.45) is 0. The average molecular weight is 423 g/mol. The summed E-state index contributed by atoms with van der Waals surface area (Å²) in [5, 5.41) is 13.5. The highest BCUT2D eigenvalue weighted by Crippen LogP contribution is 2.28. The number of anilines is 1. The monoisotopic (exact) mass is 422 g/mol. The van der Waals surface area contributed by atoms with Gasteiger partial charge in [0.2, 0.25) is 0 Å². The van der Waals surface area contributed by atoms with Gasteiger partial charge in [-0.1, -0.05) is 23.8 Å². The van der Waals surface area contributed by atoms with Crippen molar-refractivity contribution < 1.29 is 9.72 Å². The molecule has 1 amide bonds. The van der Waals surface area contributed by atoms with E-state index in [1.54, 1.807) is 12.1 Å². The Bertz CT molecular complexity index is 1090. The number of thiazole rings is 1. The van der Waals surface area contributed by atoms with Crippen LogP contribution in [0.2, 0.25) is 0 Å². The summed E-state index contributed by atoms with van der Waals surface area (Å²) >= 11 is 1.49. The molecule has 0 unspecified atom stereocenters. The fraction of sp³-hybridized carbons (Fsp3) is 0.273. The minimum atomic E-state index is -0.402. The molecular weight excluding hydrogens is 400 g/mol. The zero-order valence-electron chi connectivity index (χ0n) is 16.9. The summed E-state index contributed by atoms with van der Waals surface area (Å²) in [5.41, 5.74) is 4.91. The number of nitrogens with zero attached hydrogens (tertiary/aromatic N) is 4. The Balaban J connectivity index is 1.41. The second-order valence-electron chi connectivity index (χ2n) is 7.41. The second kappa shape index (κ2) is 8.23. The van der Waals surface area contributed by atoms with Crippen LogP contribution in [0.5, 0.6) is 0 Å². The number of carbonyl (C=O) groups excluding carboxylic acids is 1. The van der Waals surface area contributed by atoms with Crippen molar-refractivity contribution in [1.82, 2.24) is 9.88 Å². The lowest BCUT2D eigenvalue weighted by atomic mass is 10.1. The van der Waals surface area contributed by atoms with Crippen molar-refractivity contribution in [2.24, 2.45) is 0 Å². The molecule has 0 aliphatic carbocycles. The Hall–Kier alpha value is -3.26. The second-order valence-corrected chi connectivity index (χ2v) is 8.27. The highest BCUT2D eigenvalue weighted by Gasteiger charge is 2.24. The maximum atomic E-state index is 12.9. The van der Waals surface area contributed by atoms with Gasteiger partial charge >= 0.3 is 0 Å². The molecular formula is C22H22N4O3S. The number of aryl methyl sites for hydroxylation is 2. The highest BCUT2D eigenvalue weighted by molar-refractivity contribution is 7.13. The maximum absolute atomic E-state index is 12.9. The highest BCUT2D eigenvalue weighted by atomic mass is 32.1. The number of hydrogen-bond donors (Lipinski definition) is 0. The van der Waals surface area contributed by atoms with Gasteiger partial charge in [0, 0.05) is 54.9 Å². The number of amides is 1. The normalized spacial score (nSPS) is 14.1. The zero-order chi connectivity index (χ0) is 21.3. The Kier molecular flexibility index (Phi) is 5.50. The third-order valence-electron chi connectivity index (χ3n) is 5.33. The van der Waals surface area contributed by atoms with Crippen molar-refractivity contribution in [3.05, 3.63) is 74.8 Å². The molecule has 0 N–H and O–H groups in total. The lowest BCUT2D eigenvalue weighted by Crippen LogP contribution is -2.48. The SMILES string of the molecule is Cc1ccc(-c2nc(C(=O)N3CCN(c4ccc([N+](=O)[O-])cc4)CC3)cs2)c(C)c1. The van der Waals surface area contributed by atoms with Crippen molar-refractivity contribution in [2.45, 2.75) is 13.8 Å². The van der Waals surface area contributed by atoms with Crippen LogP contribution in [0, 0.1) is 24.0 Å². The standard InChI is InChI=1S/C22H22N4O3S/c1-15-3-8-19(16(2)13-15)21-23-20(14-30-21)22(27)25-11-9-24(10-12-25)17-4-6-18(7-5-17)26(28)29/h3-8,13-14H,9-12H2,1-2H3. The lowest BCUT2D eigenvalue weighted by molar-refractivity contribution is -0.384. The first-order chi connectivity index (χ1) is 14.4. The molecule has 2 aromatic carbocycles. The zero-order valence-corrected chi connectivity index (χ0v) is 17.7. The van der Waals surface area contributed by atoms with E-state index in [1.165, 1.54) is 29.0 Å². The molecule has 154 valence electrons. The van der Waals surface area contributed by atoms with E-state index in [4.69, 9.17) is 0 Å². The third-order valence-corrected chi connectivity index (χ3v) is 6.20. The van der Waals surface area contributed by atoms with Crippen LogP contribution in [0.15, 0.2) is 47.8 Å². The molecule has 0 saturated carbocycles. The Labute approximate surface area is 178 Å². The van der Waals surface area contributed by atoms with Gasteiger partial charge in [0.05, 0.1) is 4.92 Å². The number of non-ortho nitro benzene ring substituents is 1. The quantitative estimate of drug-likeness (QED) is 0.463. The van der Waals surface area contributed by atoms with Crippen LogP contribution >= 0.6 is 11.3 Å². The molecule has 1 fully saturated rings. The molecule has 7 nitrogen and oxygen atoms in total. The molecule has 0 atom stereocenters. The molecule has 1 saturated heterocycles. The Morgan fingerprint density at radius 3 is 2.40 bits per heavy atom.